The van der Waals surface area contributed by atoms with Gasteiger partial charge >= 0.3 is 5.97 Å². The number of carbonyl (C=O) groups is 1. The summed E-state index contributed by atoms with van der Waals surface area (Å²) in [5.74, 6) is -1.99. The van der Waals surface area contributed by atoms with Crippen LogP contribution in [0, 0.1) is 11.6 Å². The van der Waals surface area contributed by atoms with Gasteiger partial charge in [-0.25, -0.2) is 13.6 Å². The summed E-state index contributed by atoms with van der Waals surface area (Å²) in [6, 6.07) is 10.6. The van der Waals surface area contributed by atoms with Gasteiger partial charge in [0.2, 0.25) is 0 Å². The first kappa shape index (κ1) is 14.0. The summed E-state index contributed by atoms with van der Waals surface area (Å²) in [7, 11) is 1.19. The minimum Gasteiger partial charge on any atom is -0.467 e. The highest BCUT2D eigenvalue weighted by molar-refractivity contribution is 5.81. The molecule has 3 nitrogen and oxygen atoms in total. The third-order valence-corrected chi connectivity index (χ3v) is 2.79. The molecule has 20 heavy (non-hydrogen) atoms. The number of hydrogen-bond acceptors (Lipinski definition) is 3. The SMILES string of the molecule is COC(=O)C(Nc1ccccc1)c1cc(F)ccc1F. The molecule has 2 aromatic rings. The highest BCUT2D eigenvalue weighted by Crippen LogP contribution is 2.24. The first-order valence-corrected chi connectivity index (χ1v) is 5.96. The van der Waals surface area contributed by atoms with Gasteiger partial charge < -0.3 is 10.1 Å². The van der Waals surface area contributed by atoms with Gasteiger partial charge in [0.05, 0.1) is 7.11 Å². The molecular formula is C15H13F2NO2. The van der Waals surface area contributed by atoms with E-state index in [2.05, 4.69) is 10.1 Å². The van der Waals surface area contributed by atoms with Crippen molar-refractivity contribution in [3.8, 4) is 0 Å². The summed E-state index contributed by atoms with van der Waals surface area (Å²) in [4.78, 5) is 11.8. The molecule has 0 bridgehead atoms. The van der Waals surface area contributed by atoms with E-state index in [4.69, 9.17) is 0 Å². The van der Waals surface area contributed by atoms with Crippen LogP contribution >= 0.6 is 0 Å². The number of hydrogen-bond donors (Lipinski definition) is 1. The van der Waals surface area contributed by atoms with E-state index >= 15 is 0 Å². The molecule has 0 fully saturated rings. The molecule has 0 aromatic heterocycles. The second-order valence-corrected chi connectivity index (χ2v) is 4.13. The van der Waals surface area contributed by atoms with Gasteiger partial charge in [-0.1, -0.05) is 18.2 Å². The van der Waals surface area contributed by atoms with Gasteiger partial charge in [0.25, 0.3) is 0 Å². The minimum absolute atomic E-state index is 0.0966. The summed E-state index contributed by atoms with van der Waals surface area (Å²) in [5.41, 5.74) is 0.507. The average Bonchev–Trinajstić information content (AvgIpc) is 2.48. The van der Waals surface area contributed by atoms with Gasteiger partial charge in [-0.15, -0.1) is 0 Å². The summed E-state index contributed by atoms with van der Waals surface area (Å²) >= 11 is 0. The number of ether oxygens (including phenoxy) is 1. The molecule has 0 aliphatic rings. The second kappa shape index (κ2) is 6.14. The van der Waals surface area contributed by atoms with Crippen molar-refractivity contribution in [2.75, 3.05) is 12.4 Å². The Kier molecular flexibility index (Phi) is 4.30. The van der Waals surface area contributed by atoms with Gasteiger partial charge in [-0.3, -0.25) is 0 Å². The van der Waals surface area contributed by atoms with Crippen LogP contribution in [0.3, 0.4) is 0 Å². The molecule has 5 heteroatoms. The Hall–Kier alpha value is -2.43. The molecule has 2 rings (SSSR count). The first-order chi connectivity index (χ1) is 9.61. The molecule has 1 unspecified atom stereocenters. The van der Waals surface area contributed by atoms with E-state index in [-0.39, 0.29) is 5.56 Å². The second-order valence-electron chi connectivity index (χ2n) is 4.13. The van der Waals surface area contributed by atoms with Gasteiger partial charge in [0.1, 0.15) is 11.6 Å². The maximum absolute atomic E-state index is 13.8. The lowest BCUT2D eigenvalue weighted by molar-refractivity contribution is -0.141. The third-order valence-electron chi connectivity index (χ3n) is 2.79. The first-order valence-electron chi connectivity index (χ1n) is 5.96. The molecule has 1 N–H and O–H groups in total. The van der Waals surface area contributed by atoms with E-state index in [1.807, 2.05) is 0 Å². The number of para-hydroxylation sites is 1. The Labute approximate surface area is 115 Å². The number of nitrogens with one attached hydrogen (secondary N) is 1. The predicted octanol–water partition coefficient (Wildman–Crippen LogP) is 3.29. The highest BCUT2D eigenvalue weighted by Gasteiger charge is 2.25. The van der Waals surface area contributed by atoms with E-state index < -0.39 is 23.6 Å². The maximum Gasteiger partial charge on any atom is 0.333 e. The quantitative estimate of drug-likeness (QED) is 0.871. The molecule has 0 aliphatic carbocycles. The van der Waals surface area contributed by atoms with Crippen molar-refractivity contribution < 1.29 is 18.3 Å². The Bertz CT molecular complexity index is 602. The zero-order valence-electron chi connectivity index (χ0n) is 10.8. The van der Waals surface area contributed by atoms with E-state index in [0.29, 0.717) is 5.69 Å². The lowest BCUT2D eigenvalue weighted by Gasteiger charge is -2.18. The maximum atomic E-state index is 13.8. The van der Waals surface area contributed by atoms with Gasteiger partial charge in [-0.05, 0) is 30.3 Å². The molecule has 0 saturated heterocycles. The van der Waals surface area contributed by atoms with E-state index in [1.165, 1.54) is 7.11 Å². The van der Waals surface area contributed by atoms with Crippen molar-refractivity contribution in [2.24, 2.45) is 0 Å². The smallest absolute Gasteiger partial charge is 0.333 e. The molecule has 0 heterocycles. The van der Waals surface area contributed by atoms with Crippen molar-refractivity contribution in [1.82, 2.24) is 0 Å². The molecule has 0 aliphatic heterocycles. The summed E-state index contributed by atoms with van der Waals surface area (Å²) in [6.07, 6.45) is 0. The molecule has 0 amide bonds. The lowest BCUT2D eigenvalue weighted by Crippen LogP contribution is -2.23. The van der Waals surface area contributed by atoms with Crippen molar-refractivity contribution in [3.05, 3.63) is 65.7 Å². The number of methoxy groups -OCH3 is 1. The molecule has 104 valence electrons. The van der Waals surface area contributed by atoms with Crippen molar-refractivity contribution in [2.45, 2.75) is 6.04 Å². The Morgan fingerprint density at radius 2 is 1.85 bits per heavy atom. The minimum atomic E-state index is -1.11. The van der Waals surface area contributed by atoms with Crippen molar-refractivity contribution in [3.63, 3.8) is 0 Å². The topological polar surface area (TPSA) is 38.3 Å². The number of halogens is 2. The fraction of sp³-hybridized carbons (Fsp3) is 0.133. The van der Waals surface area contributed by atoms with Crippen LogP contribution in [0.25, 0.3) is 0 Å². The fourth-order valence-electron chi connectivity index (χ4n) is 1.82. The molecular weight excluding hydrogens is 264 g/mol. The Morgan fingerprint density at radius 3 is 2.50 bits per heavy atom. The molecule has 0 spiro atoms. The predicted molar refractivity (Wildman–Crippen MR) is 71.2 cm³/mol. The van der Waals surface area contributed by atoms with E-state index in [9.17, 15) is 13.6 Å². The van der Waals surface area contributed by atoms with Crippen LogP contribution in [-0.4, -0.2) is 13.1 Å². The summed E-state index contributed by atoms with van der Waals surface area (Å²) in [5, 5.41) is 2.83. The van der Waals surface area contributed by atoms with Crippen LogP contribution in [0.15, 0.2) is 48.5 Å². The lowest BCUT2D eigenvalue weighted by atomic mass is 10.1. The molecule has 2 aromatic carbocycles. The standard InChI is InChI=1S/C15H13F2NO2/c1-20-15(19)14(18-11-5-3-2-4-6-11)12-9-10(16)7-8-13(12)17/h2-9,14,18H,1H3. The van der Waals surface area contributed by atoms with Crippen LogP contribution in [-0.2, 0) is 9.53 Å². The summed E-state index contributed by atoms with van der Waals surface area (Å²) in [6.45, 7) is 0. The zero-order chi connectivity index (χ0) is 14.5. The molecule has 0 radical (unpaired) electrons. The van der Waals surface area contributed by atoms with E-state index in [0.717, 1.165) is 18.2 Å². The number of benzene rings is 2. The van der Waals surface area contributed by atoms with Gasteiger partial charge in [-0.2, -0.15) is 0 Å². The Morgan fingerprint density at radius 1 is 1.15 bits per heavy atom. The van der Waals surface area contributed by atoms with Crippen LogP contribution in [0.1, 0.15) is 11.6 Å². The highest BCUT2D eigenvalue weighted by atomic mass is 19.1. The van der Waals surface area contributed by atoms with Gasteiger partial charge in [0.15, 0.2) is 6.04 Å². The van der Waals surface area contributed by atoms with Crippen molar-refractivity contribution >= 4 is 11.7 Å². The average molecular weight is 277 g/mol. The fourth-order valence-corrected chi connectivity index (χ4v) is 1.82. The van der Waals surface area contributed by atoms with Crippen LogP contribution in [0.5, 0.6) is 0 Å². The van der Waals surface area contributed by atoms with Crippen LogP contribution in [0.4, 0.5) is 14.5 Å². The number of carbonyl (C=O) groups excluding carboxylic acids is 1. The normalized spacial score (nSPS) is 11.8. The largest absolute Gasteiger partial charge is 0.467 e. The van der Waals surface area contributed by atoms with Crippen LogP contribution < -0.4 is 5.32 Å². The zero-order valence-corrected chi connectivity index (χ0v) is 10.8. The Balaban J connectivity index is 2.37. The summed E-state index contributed by atoms with van der Waals surface area (Å²) < 4.78 is 31.7. The van der Waals surface area contributed by atoms with Crippen LogP contribution in [0.2, 0.25) is 0 Å². The number of anilines is 1. The van der Waals surface area contributed by atoms with Crippen molar-refractivity contribution in [1.29, 1.82) is 0 Å². The van der Waals surface area contributed by atoms with E-state index in [1.54, 1.807) is 30.3 Å². The molecule has 1 atom stereocenters. The molecule has 0 saturated carbocycles. The van der Waals surface area contributed by atoms with Gasteiger partial charge in [0, 0.05) is 11.3 Å². The number of esters is 1. The monoisotopic (exact) mass is 277 g/mol. The third kappa shape index (κ3) is 3.12. The number of rotatable bonds is 4.